The molecule has 0 saturated carbocycles. The molecular weight excluding hydrogens is 218 g/mol. The number of anilines is 1. The molecule has 0 fully saturated rings. The first-order chi connectivity index (χ1) is 7.90. The first kappa shape index (κ1) is 11.4. The number of nitrogens with one attached hydrogen (secondary N) is 1. The molecule has 16 heavy (non-hydrogen) atoms. The summed E-state index contributed by atoms with van der Waals surface area (Å²) in [6, 6.07) is 8.67. The van der Waals surface area contributed by atoms with Gasteiger partial charge in [-0.25, -0.2) is 0 Å². The van der Waals surface area contributed by atoms with E-state index in [0.29, 0.717) is 0 Å². The molecule has 2 rings (SSSR count). The highest BCUT2D eigenvalue weighted by Crippen LogP contribution is 2.23. The fourth-order valence-electron chi connectivity index (χ4n) is 1.63. The lowest BCUT2D eigenvalue weighted by molar-refractivity contribution is 0.147. The molecule has 1 aromatic carbocycles. The van der Waals surface area contributed by atoms with Crippen LogP contribution in [0.3, 0.4) is 0 Å². The van der Waals surface area contributed by atoms with E-state index in [2.05, 4.69) is 35.0 Å². The predicted molar refractivity (Wildman–Crippen MR) is 71.4 cm³/mol. The molecule has 0 saturated heterocycles. The lowest BCUT2D eigenvalue weighted by atomic mass is 10.2. The molecular formula is C13H17NOS. The Morgan fingerprint density at radius 2 is 2.25 bits per heavy atom. The van der Waals surface area contributed by atoms with Crippen LogP contribution in [0.15, 0.2) is 29.6 Å². The van der Waals surface area contributed by atoms with Gasteiger partial charge in [0.25, 0.3) is 0 Å². The van der Waals surface area contributed by atoms with E-state index in [1.165, 1.54) is 15.8 Å². The van der Waals surface area contributed by atoms with Gasteiger partial charge in [0, 0.05) is 30.1 Å². The third-order valence-corrected chi connectivity index (χ3v) is 3.35. The molecule has 1 N–H and O–H groups in total. The number of fused-ring (bicyclic) bond motifs is 1. The summed E-state index contributed by atoms with van der Waals surface area (Å²) in [5.41, 5.74) is 1.20. The molecule has 2 aromatic rings. The maximum atomic E-state index is 5.29. The second-order valence-electron chi connectivity index (χ2n) is 3.65. The Labute approximate surface area is 100 Å². The lowest BCUT2D eigenvalue weighted by Crippen LogP contribution is -2.05. The van der Waals surface area contributed by atoms with Crippen molar-refractivity contribution in [2.75, 3.05) is 25.1 Å². The molecule has 86 valence electrons. The Balaban J connectivity index is 1.84. The zero-order valence-electron chi connectivity index (χ0n) is 9.53. The molecule has 1 aromatic heterocycles. The zero-order valence-corrected chi connectivity index (χ0v) is 10.3. The van der Waals surface area contributed by atoms with E-state index >= 15 is 0 Å². The highest BCUT2D eigenvalue weighted by Gasteiger charge is 1.96. The van der Waals surface area contributed by atoms with Crippen LogP contribution in [0, 0.1) is 0 Å². The molecule has 0 aliphatic heterocycles. The second kappa shape index (κ2) is 5.87. The van der Waals surface area contributed by atoms with Crippen molar-refractivity contribution in [3.05, 3.63) is 29.6 Å². The van der Waals surface area contributed by atoms with Gasteiger partial charge in [-0.15, -0.1) is 11.3 Å². The molecule has 3 heteroatoms. The Morgan fingerprint density at radius 3 is 3.12 bits per heavy atom. The molecule has 1 heterocycles. The van der Waals surface area contributed by atoms with E-state index in [-0.39, 0.29) is 0 Å². The van der Waals surface area contributed by atoms with E-state index in [1.807, 2.05) is 6.92 Å². The Morgan fingerprint density at radius 1 is 1.31 bits per heavy atom. The third kappa shape index (κ3) is 2.97. The number of hydrogen-bond donors (Lipinski definition) is 1. The monoisotopic (exact) mass is 235 g/mol. The highest BCUT2D eigenvalue weighted by molar-refractivity contribution is 7.17. The number of hydrogen-bond acceptors (Lipinski definition) is 3. The number of ether oxygens (including phenoxy) is 1. The van der Waals surface area contributed by atoms with Gasteiger partial charge in [0.05, 0.1) is 0 Å². The molecule has 0 amide bonds. The maximum Gasteiger partial charge on any atom is 0.0482 e. The summed E-state index contributed by atoms with van der Waals surface area (Å²) in [5, 5.41) is 6.86. The average molecular weight is 235 g/mol. The molecule has 0 aliphatic carbocycles. The normalized spacial score (nSPS) is 10.8. The van der Waals surface area contributed by atoms with Crippen LogP contribution in [-0.2, 0) is 4.74 Å². The highest BCUT2D eigenvalue weighted by atomic mass is 32.1. The van der Waals surface area contributed by atoms with Crippen LogP contribution in [0.4, 0.5) is 5.69 Å². The van der Waals surface area contributed by atoms with Crippen molar-refractivity contribution in [1.29, 1.82) is 0 Å². The van der Waals surface area contributed by atoms with Gasteiger partial charge >= 0.3 is 0 Å². The van der Waals surface area contributed by atoms with Gasteiger partial charge in [-0.05, 0) is 48.4 Å². The van der Waals surface area contributed by atoms with Gasteiger partial charge in [0.2, 0.25) is 0 Å². The minimum absolute atomic E-state index is 0.806. The van der Waals surface area contributed by atoms with Crippen molar-refractivity contribution in [1.82, 2.24) is 0 Å². The standard InChI is InChI=1S/C13H17NOS/c1-2-15-8-3-7-14-12-4-5-13-11(10-12)6-9-16-13/h4-6,9-10,14H,2-3,7-8H2,1H3. The summed E-state index contributed by atoms with van der Waals surface area (Å²) in [6.45, 7) is 4.64. The fraction of sp³-hybridized carbons (Fsp3) is 0.385. The first-order valence-corrected chi connectivity index (χ1v) is 6.57. The third-order valence-electron chi connectivity index (χ3n) is 2.45. The van der Waals surface area contributed by atoms with Gasteiger partial charge in [-0.2, -0.15) is 0 Å². The van der Waals surface area contributed by atoms with Crippen LogP contribution in [0.1, 0.15) is 13.3 Å². The molecule has 2 nitrogen and oxygen atoms in total. The summed E-state index contributed by atoms with van der Waals surface area (Å²) in [7, 11) is 0. The minimum Gasteiger partial charge on any atom is -0.385 e. The van der Waals surface area contributed by atoms with Crippen molar-refractivity contribution in [3.8, 4) is 0 Å². The quantitative estimate of drug-likeness (QED) is 0.770. The zero-order chi connectivity index (χ0) is 11.2. The lowest BCUT2D eigenvalue weighted by Gasteiger charge is -2.06. The number of rotatable bonds is 6. The van der Waals surface area contributed by atoms with Crippen LogP contribution < -0.4 is 5.32 Å². The van der Waals surface area contributed by atoms with Crippen LogP contribution >= 0.6 is 11.3 Å². The van der Waals surface area contributed by atoms with Crippen molar-refractivity contribution >= 4 is 27.1 Å². The van der Waals surface area contributed by atoms with Gasteiger partial charge in [-0.1, -0.05) is 0 Å². The van der Waals surface area contributed by atoms with E-state index in [4.69, 9.17) is 4.74 Å². The van der Waals surface area contributed by atoms with Gasteiger partial charge in [0.1, 0.15) is 0 Å². The Hall–Kier alpha value is -1.06. The van der Waals surface area contributed by atoms with E-state index in [9.17, 15) is 0 Å². The van der Waals surface area contributed by atoms with Crippen LogP contribution in [0.2, 0.25) is 0 Å². The Kier molecular flexibility index (Phi) is 4.19. The summed E-state index contributed by atoms with van der Waals surface area (Å²) in [6.07, 6.45) is 1.05. The topological polar surface area (TPSA) is 21.3 Å². The van der Waals surface area contributed by atoms with E-state index < -0.39 is 0 Å². The van der Waals surface area contributed by atoms with Crippen LogP contribution in [0.5, 0.6) is 0 Å². The smallest absolute Gasteiger partial charge is 0.0482 e. The summed E-state index contributed by atoms with van der Waals surface area (Å²) < 4.78 is 6.64. The number of benzene rings is 1. The molecule has 0 unspecified atom stereocenters. The van der Waals surface area contributed by atoms with Crippen molar-refractivity contribution < 1.29 is 4.74 Å². The van der Waals surface area contributed by atoms with Crippen molar-refractivity contribution in [2.24, 2.45) is 0 Å². The molecule has 0 bridgehead atoms. The Bertz CT molecular complexity index is 438. The van der Waals surface area contributed by atoms with Crippen molar-refractivity contribution in [3.63, 3.8) is 0 Å². The second-order valence-corrected chi connectivity index (χ2v) is 4.60. The van der Waals surface area contributed by atoms with E-state index in [1.54, 1.807) is 11.3 Å². The molecule has 0 atom stereocenters. The minimum atomic E-state index is 0.806. The van der Waals surface area contributed by atoms with Crippen LogP contribution in [0.25, 0.3) is 10.1 Å². The van der Waals surface area contributed by atoms with E-state index in [0.717, 1.165) is 26.2 Å². The summed E-state index contributed by atoms with van der Waals surface area (Å²) in [4.78, 5) is 0. The van der Waals surface area contributed by atoms with Gasteiger partial charge in [-0.3, -0.25) is 0 Å². The number of thiophene rings is 1. The average Bonchev–Trinajstić information content (AvgIpc) is 2.76. The maximum absolute atomic E-state index is 5.29. The predicted octanol–water partition coefficient (Wildman–Crippen LogP) is 3.74. The van der Waals surface area contributed by atoms with Gasteiger partial charge < -0.3 is 10.1 Å². The molecule has 0 radical (unpaired) electrons. The van der Waals surface area contributed by atoms with Gasteiger partial charge in [0.15, 0.2) is 0 Å². The van der Waals surface area contributed by atoms with Crippen LogP contribution in [-0.4, -0.2) is 19.8 Å². The SMILES string of the molecule is CCOCCCNc1ccc2sccc2c1. The summed E-state index contributed by atoms with van der Waals surface area (Å²) in [5.74, 6) is 0. The fourth-order valence-corrected chi connectivity index (χ4v) is 2.40. The first-order valence-electron chi connectivity index (χ1n) is 5.69. The summed E-state index contributed by atoms with van der Waals surface area (Å²) >= 11 is 1.78. The largest absolute Gasteiger partial charge is 0.385 e. The van der Waals surface area contributed by atoms with Crippen molar-refractivity contribution in [2.45, 2.75) is 13.3 Å². The molecule has 0 spiro atoms. The molecule has 0 aliphatic rings.